The van der Waals surface area contributed by atoms with Gasteiger partial charge in [0.25, 0.3) is 5.56 Å². The van der Waals surface area contributed by atoms with E-state index in [4.69, 9.17) is 9.84 Å². The Morgan fingerprint density at radius 2 is 2.26 bits per heavy atom. The fourth-order valence-electron chi connectivity index (χ4n) is 1.65. The van der Waals surface area contributed by atoms with Crippen molar-refractivity contribution in [3.8, 4) is 5.75 Å². The molecule has 0 fully saturated rings. The van der Waals surface area contributed by atoms with Gasteiger partial charge < -0.3 is 14.4 Å². The number of rotatable bonds is 5. The van der Waals surface area contributed by atoms with Gasteiger partial charge in [-0.1, -0.05) is 6.07 Å². The van der Waals surface area contributed by atoms with E-state index >= 15 is 0 Å². The zero-order valence-electron chi connectivity index (χ0n) is 10.3. The maximum atomic E-state index is 11.5. The molecule has 0 amide bonds. The largest absolute Gasteiger partial charge is 0.490 e. The number of aromatic carboxylic acids is 1. The molecule has 0 aliphatic heterocycles. The van der Waals surface area contributed by atoms with Gasteiger partial charge in [0.2, 0.25) is 0 Å². The Labute approximate surface area is 113 Å². The fourth-order valence-corrected chi connectivity index (χ4v) is 2.44. The minimum absolute atomic E-state index is 0.106. The van der Waals surface area contributed by atoms with Gasteiger partial charge in [-0.05, 0) is 19.1 Å². The van der Waals surface area contributed by atoms with Crippen molar-refractivity contribution in [1.82, 2.24) is 4.57 Å². The summed E-state index contributed by atoms with van der Waals surface area (Å²) in [6.07, 6.45) is 1.67. The molecule has 6 heteroatoms. The van der Waals surface area contributed by atoms with Crippen LogP contribution in [0, 0.1) is 6.92 Å². The van der Waals surface area contributed by atoms with Crippen LogP contribution in [0.5, 0.6) is 5.75 Å². The number of aryl methyl sites for hydroxylation is 1. The second-order valence-electron chi connectivity index (χ2n) is 3.94. The molecule has 2 heterocycles. The van der Waals surface area contributed by atoms with E-state index in [1.807, 2.05) is 6.92 Å². The van der Waals surface area contributed by atoms with E-state index in [0.717, 1.165) is 4.88 Å². The van der Waals surface area contributed by atoms with E-state index < -0.39 is 5.97 Å². The predicted octanol–water partition coefficient (Wildman–Crippen LogP) is 2.00. The van der Waals surface area contributed by atoms with Gasteiger partial charge in [-0.3, -0.25) is 4.79 Å². The molecule has 0 saturated carbocycles. The lowest BCUT2D eigenvalue weighted by Gasteiger charge is -2.07. The fraction of sp³-hybridized carbons (Fsp3) is 0.231. The molecule has 100 valence electrons. The summed E-state index contributed by atoms with van der Waals surface area (Å²) in [5, 5.41) is 9.01. The lowest BCUT2D eigenvalue weighted by Crippen LogP contribution is -2.21. The van der Waals surface area contributed by atoms with E-state index in [1.165, 1.54) is 22.0 Å². The average Bonchev–Trinajstić information content (AvgIpc) is 2.73. The van der Waals surface area contributed by atoms with Crippen molar-refractivity contribution in [1.29, 1.82) is 0 Å². The van der Waals surface area contributed by atoms with E-state index in [1.54, 1.807) is 24.4 Å². The van der Waals surface area contributed by atoms with Crippen molar-refractivity contribution in [2.45, 2.75) is 13.5 Å². The summed E-state index contributed by atoms with van der Waals surface area (Å²) in [5.41, 5.74) is -0.106. The van der Waals surface area contributed by atoms with Crippen LogP contribution in [0.2, 0.25) is 0 Å². The number of hydrogen-bond acceptors (Lipinski definition) is 4. The summed E-state index contributed by atoms with van der Waals surface area (Å²) in [7, 11) is 0. The number of pyridine rings is 1. The van der Waals surface area contributed by atoms with Gasteiger partial charge >= 0.3 is 5.97 Å². The molecule has 2 rings (SSSR count). The van der Waals surface area contributed by atoms with Crippen molar-refractivity contribution in [3.05, 3.63) is 50.6 Å². The third-order valence-corrected chi connectivity index (χ3v) is 3.52. The Balaban J connectivity index is 2.02. The van der Waals surface area contributed by atoms with Crippen LogP contribution >= 0.6 is 11.3 Å². The molecule has 0 saturated heterocycles. The quantitative estimate of drug-likeness (QED) is 0.909. The molecule has 0 aromatic carbocycles. The van der Waals surface area contributed by atoms with Crippen LogP contribution in [0.4, 0.5) is 0 Å². The van der Waals surface area contributed by atoms with Gasteiger partial charge in [0, 0.05) is 17.1 Å². The first-order valence-corrected chi connectivity index (χ1v) is 6.51. The highest BCUT2D eigenvalue weighted by atomic mass is 32.1. The average molecular weight is 279 g/mol. The SMILES string of the molecule is Cc1cc(OCCn2ccccc2=O)c(C(=O)O)s1. The highest BCUT2D eigenvalue weighted by molar-refractivity contribution is 7.14. The number of hydrogen-bond donors (Lipinski definition) is 1. The molecule has 2 aromatic heterocycles. The predicted molar refractivity (Wildman–Crippen MR) is 72.2 cm³/mol. The molecule has 0 aliphatic rings. The van der Waals surface area contributed by atoms with Crippen LogP contribution in [0.25, 0.3) is 0 Å². The summed E-state index contributed by atoms with van der Waals surface area (Å²) in [5.74, 6) is -0.635. The van der Waals surface area contributed by atoms with Crippen LogP contribution in [-0.4, -0.2) is 22.2 Å². The molecular weight excluding hydrogens is 266 g/mol. The Morgan fingerprint density at radius 1 is 1.47 bits per heavy atom. The first kappa shape index (κ1) is 13.4. The molecule has 0 aliphatic carbocycles. The topological polar surface area (TPSA) is 68.5 Å². The minimum atomic E-state index is -0.995. The molecule has 1 N–H and O–H groups in total. The van der Waals surface area contributed by atoms with Gasteiger partial charge in [-0.15, -0.1) is 11.3 Å². The van der Waals surface area contributed by atoms with Gasteiger partial charge in [0.05, 0.1) is 6.54 Å². The molecule has 2 aromatic rings. The Bertz CT molecular complexity index is 644. The monoisotopic (exact) mass is 279 g/mol. The number of nitrogens with zero attached hydrogens (tertiary/aromatic N) is 1. The third kappa shape index (κ3) is 3.23. The second-order valence-corrected chi connectivity index (χ2v) is 5.19. The van der Waals surface area contributed by atoms with Crippen molar-refractivity contribution in [3.63, 3.8) is 0 Å². The summed E-state index contributed by atoms with van der Waals surface area (Å²) < 4.78 is 6.96. The molecule has 5 nitrogen and oxygen atoms in total. The van der Waals surface area contributed by atoms with Crippen LogP contribution in [0.15, 0.2) is 35.3 Å². The van der Waals surface area contributed by atoms with E-state index in [2.05, 4.69) is 0 Å². The number of carbonyl (C=O) groups is 1. The lowest BCUT2D eigenvalue weighted by atomic mass is 10.4. The minimum Gasteiger partial charge on any atom is -0.490 e. The zero-order chi connectivity index (χ0) is 13.8. The lowest BCUT2D eigenvalue weighted by molar-refractivity contribution is 0.0698. The highest BCUT2D eigenvalue weighted by Crippen LogP contribution is 2.28. The summed E-state index contributed by atoms with van der Waals surface area (Å²) >= 11 is 1.18. The number of ether oxygens (including phenoxy) is 1. The number of thiophene rings is 1. The van der Waals surface area contributed by atoms with Gasteiger partial charge in [-0.25, -0.2) is 4.79 Å². The molecule has 0 spiro atoms. The van der Waals surface area contributed by atoms with E-state index in [-0.39, 0.29) is 17.0 Å². The van der Waals surface area contributed by atoms with Crippen LogP contribution < -0.4 is 10.3 Å². The first-order chi connectivity index (χ1) is 9.08. The Hall–Kier alpha value is -2.08. The molecular formula is C13H13NO4S. The van der Waals surface area contributed by atoms with Gasteiger partial charge in [0.1, 0.15) is 12.4 Å². The molecule has 19 heavy (non-hydrogen) atoms. The third-order valence-electron chi connectivity index (χ3n) is 2.50. The maximum Gasteiger partial charge on any atom is 0.349 e. The van der Waals surface area contributed by atoms with E-state index in [0.29, 0.717) is 12.3 Å². The second kappa shape index (κ2) is 5.71. The van der Waals surface area contributed by atoms with Crippen molar-refractivity contribution in [2.24, 2.45) is 0 Å². The Morgan fingerprint density at radius 3 is 2.95 bits per heavy atom. The first-order valence-electron chi connectivity index (χ1n) is 5.70. The number of carboxylic acids is 1. The molecule has 0 radical (unpaired) electrons. The summed E-state index contributed by atoms with van der Waals surface area (Å²) in [6.45, 7) is 2.46. The Kier molecular flexibility index (Phi) is 4.01. The van der Waals surface area contributed by atoms with Gasteiger partial charge in [0.15, 0.2) is 4.88 Å². The van der Waals surface area contributed by atoms with Crippen LogP contribution in [0.3, 0.4) is 0 Å². The van der Waals surface area contributed by atoms with Crippen molar-refractivity contribution < 1.29 is 14.6 Å². The van der Waals surface area contributed by atoms with Crippen LogP contribution in [-0.2, 0) is 6.54 Å². The maximum absolute atomic E-state index is 11.5. The van der Waals surface area contributed by atoms with Gasteiger partial charge in [-0.2, -0.15) is 0 Å². The normalized spacial score (nSPS) is 10.4. The van der Waals surface area contributed by atoms with Crippen LogP contribution in [0.1, 0.15) is 14.5 Å². The number of aromatic nitrogens is 1. The highest BCUT2D eigenvalue weighted by Gasteiger charge is 2.15. The molecule has 0 atom stereocenters. The zero-order valence-corrected chi connectivity index (χ0v) is 11.1. The van der Waals surface area contributed by atoms with Crippen molar-refractivity contribution in [2.75, 3.05) is 6.61 Å². The van der Waals surface area contributed by atoms with Crippen molar-refractivity contribution >= 4 is 17.3 Å². The summed E-state index contributed by atoms with van der Waals surface area (Å²) in [4.78, 5) is 23.5. The standard InChI is InChI=1S/C13H13NO4S/c1-9-8-10(12(19-9)13(16)17)18-7-6-14-5-3-2-4-11(14)15/h2-5,8H,6-7H2,1H3,(H,16,17). The molecule has 0 bridgehead atoms. The smallest absolute Gasteiger partial charge is 0.349 e. The molecule has 0 unspecified atom stereocenters. The van der Waals surface area contributed by atoms with E-state index in [9.17, 15) is 9.59 Å². The summed E-state index contributed by atoms with van der Waals surface area (Å²) in [6, 6.07) is 6.60. The number of carboxylic acid groups (broad SMARTS) is 1.